The van der Waals surface area contributed by atoms with Crippen LogP contribution in [0.25, 0.3) is 44.2 Å². The summed E-state index contributed by atoms with van der Waals surface area (Å²) in [7, 11) is 1.92. The minimum atomic E-state index is -0.375. The summed E-state index contributed by atoms with van der Waals surface area (Å²) < 4.78 is 7.67. The second-order valence-electron chi connectivity index (χ2n) is 7.52. The van der Waals surface area contributed by atoms with Crippen LogP contribution in [0.3, 0.4) is 0 Å². The van der Waals surface area contributed by atoms with E-state index in [2.05, 4.69) is 48.0 Å². The van der Waals surface area contributed by atoms with Gasteiger partial charge in [0.2, 0.25) is 0 Å². The Morgan fingerprint density at radius 3 is 2.50 bits per heavy atom. The third kappa shape index (κ3) is 2.86. The van der Waals surface area contributed by atoms with Crippen LogP contribution in [0.1, 0.15) is 13.8 Å². The summed E-state index contributed by atoms with van der Waals surface area (Å²) in [6, 6.07) is 20.2. The highest BCUT2D eigenvalue weighted by Gasteiger charge is 2.15. The number of hydrogen-bond acceptors (Lipinski definition) is 4. The van der Waals surface area contributed by atoms with Crippen molar-refractivity contribution in [3.8, 4) is 11.4 Å². The Morgan fingerprint density at radius 2 is 1.73 bits per heavy atom. The van der Waals surface area contributed by atoms with E-state index < -0.39 is 0 Å². The quantitative estimate of drug-likeness (QED) is 0.303. The smallest absolute Gasteiger partial charge is 0.347 e. The lowest BCUT2D eigenvalue weighted by Gasteiger charge is -2.21. The molecule has 0 N–H and O–H groups in total. The Bertz CT molecular complexity index is 1460. The number of nitrogens with zero attached hydrogens (tertiary/aromatic N) is 3. The lowest BCUT2D eigenvalue weighted by atomic mass is 10.1. The van der Waals surface area contributed by atoms with Gasteiger partial charge in [0.05, 0.1) is 11.0 Å². The zero-order valence-electron chi connectivity index (χ0n) is 17.3. The topological polar surface area (TPSA) is 51.3 Å². The molecular weight excluding hydrogens is 374 g/mol. The van der Waals surface area contributed by atoms with Gasteiger partial charge in [-0.1, -0.05) is 18.2 Å². The molecule has 0 spiro atoms. The molecule has 2 aromatic heterocycles. The van der Waals surface area contributed by atoms with Crippen molar-refractivity contribution in [2.24, 2.45) is 7.05 Å². The Kier molecular flexibility index (Phi) is 4.31. The van der Waals surface area contributed by atoms with Crippen LogP contribution in [0.5, 0.6) is 0 Å². The molecule has 5 nitrogen and oxygen atoms in total. The Morgan fingerprint density at radius 1 is 0.933 bits per heavy atom. The predicted octanol–water partition coefficient (Wildman–Crippen LogP) is 5.35. The summed E-state index contributed by atoms with van der Waals surface area (Å²) in [6.07, 6.45) is 0. The maximum absolute atomic E-state index is 12.8. The molecule has 0 aliphatic rings. The van der Waals surface area contributed by atoms with E-state index in [1.807, 2.05) is 48.0 Å². The molecule has 0 aliphatic heterocycles. The van der Waals surface area contributed by atoms with Crippen LogP contribution in [-0.4, -0.2) is 22.6 Å². The van der Waals surface area contributed by atoms with E-state index in [4.69, 9.17) is 4.42 Å². The molecule has 0 radical (unpaired) electrons. The molecule has 0 amide bonds. The van der Waals surface area contributed by atoms with Crippen LogP contribution in [0.4, 0.5) is 5.69 Å². The first-order valence-electron chi connectivity index (χ1n) is 10.3. The van der Waals surface area contributed by atoms with Crippen molar-refractivity contribution >= 4 is 38.5 Å². The molecule has 5 aromatic rings. The van der Waals surface area contributed by atoms with Crippen molar-refractivity contribution in [2.75, 3.05) is 18.0 Å². The molecule has 0 saturated heterocycles. The zero-order chi connectivity index (χ0) is 20.8. The molecule has 2 heterocycles. The first-order chi connectivity index (χ1) is 14.6. The maximum Gasteiger partial charge on any atom is 0.347 e. The van der Waals surface area contributed by atoms with Crippen molar-refractivity contribution in [2.45, 2.75) is 13.8 Å². The summed E-state index contributed by atoms with van der Waals surface area (Å²) in [5, 5.41) is 3.06. The molecule has 0 fully saturated rings. The minimum Gasteiger partial charge on any atom is -0.422 e. The largest absolute Gasteiger partial charge is 0.422 e. The van der Waals surface area contributed by atoms with Crippen LogP contribution in [-0.2, 0) is 7.05 Å². The highest BCUT2D eigenvalue weighted by Crippen LogP contribution is 2.29. The second-order valence-corrected chi connectivity index (χ2v) is 7.52. The van der Waals surface area contributed by atoms with Gasteiger partial charge in [-0.15, -0.1) is 0 Å². The fourth-order valence-electron chi connectivity index (χ4n) is 4.18. The summed E-state index contributed by atoms with van der Waals surface area (Å²) in [4.78, 5) is 19.8. The van der Waals surface area contributed by atoms with Crippen LogP contribution in [0.15, 0.2) is 69.9 Å². The minimum absolute atomic E-state index is 0.375. The van der Waals surface area contributed by atoms with Gasteiger partial charge in [0.1, 0.15) is 17.0 Å². The second kappa shape index (κ2) is 7.02. The molecular formula is C25H23N3O2. The molecule has 150 valence electrons. The van der Waals surface area contributed by atoms with Crippen LogP contribution in [0, 0.1) is 0 Å². The number of fused-ring (bicyclic) bond motifs is 3. The molecule has 0 aliphatic carbocycles. The van der Waals surface area contributed by atoms with Gasteiger partial charge in [0, 0.05) is 31.2 Å². The first kappa shape index (κ1) is 18.4. The Hall–Kier alpha value is -3.60. The van der Waals surface area contributed by atoms with Gasteiger partial charge in [0.25, 0.3) is 0 Å². The van der Waals surface area contributed by atoms with Crippen molar-refractivity contribution in [1.29, 1.82) is 0 Å². The SMILES string of the molecule is CCN(CC)c1ccc2cc3cc(-c4nc5ccccc5n4C)c(=O)oc3cc2c1. The summed E-state index contributed by atoms with van der Waals surface area (Å²) >= 11 is 0. The van der Waals surface area contributed by atoms with Gasteiger partial charge in [-0.3, -0.25) is 0 Å². The van der Waals surface area contributed by atoms with Gasteiger partial charge >= 0.3 is 5.63 Å². The van der Waals surface area contributed by atoms with E-state index in [0.29, 0.717) is 17.0 Å². The van der Waals surface area contributed by atoms with E-state index in [0.717, 1.165) is 40.3 Å². The van der Waals surface area contributed by atoms with Gasteiger partial charge in [0.15, 0.2) is 0 Å². The highest BCUT2D eigenvalue weighted by molar-refractivity contribution is 5.98. The van der Waals surface area contributed by atoms with Gasteiger partial charge in [-0.2, -0.15) is 0 Å². The third-order valence-electron chi connectivity index (χ3n) is 5.83. The van der Waals surface area contributed by atoms with Crippen molar-refractivity contribution in [1.82, 2.24) is 9.55 Å². The van der Waals surface area contributed by atoms with E-state index in [-0.39, 0.29) is 5.63 Å². The zero-order valence-corrected chi connectivity index (χ0v) is 17.3. The van der Waals surface area contributed by atoms with Crippen molar-refractivity contribution in [3.05, 3.63) is 71.1 Å². The fraction of sp³-hybridized carbons (Fsp3) is 0.200. The van der Waals surface area contributed by atoms with Crippen molar-refractivity contribution in [3.63, 3.8) is 0 Å². The molecule has 0 atom stereocenters. The third-order valence-corrected chi connectivity index (χ3v) is 5.83. The number of imidazole rings is 1. The fourth-order valence-corrected chi connectivity index (χ4v) is 4.18. The molecule has 0 bridgehead atoms. The van der Waals surface area contributed by atoms with Gasteiger partial charge < -0.3 is 13.9 Å². The Labute approximate surface area is 174 Å². The van der Waals surface area contributed by atoms with Crippen LogP contribution < -0.4 is 10.5 Å². The molecule has 0 unspecified atom stereocenters. The van der Waals surface area contributed by atoms with Gasteiger partial charge in [-0.05, 0) is 67.1 Å². The standard InChI is InChI=1S/C25H23N3O2/c1-4-28(5-2)19-11-10-16-12-18-14-20(25(29)30-23(18)15-17(16)13-19)24-26-21-8-6-7-9-22(21)27(24)3/h6-15H,4-5H2,1-3H3. The summed E-state index contributed by atoms with van der Waals surface area (Å²) in [6.45, 7) is 6.20. The van der Waals surface area contributed by atoms with E-state index in [1.54, 1.807) is 0 Å². The lowest BCUT2D eigenvalue weighted by Crippen LogP contribution is -2.21. The molecule has 5 rings (SSSR count). The predicted molar refractivity (Wildman–Crippen MR) is 123 cm³/mol. The Balaban J connectivity index is 1.69. The number of benzene rings is 3. The monoisotopic (exact) mass is 397 g/mol. The number of anilines is 1. The average molecular weight is 397 g/mol. The number of aryl methyl sites for hydroxylation is 1. The average Bonchev–Trinajstić information content (AvgIpc) is 3.09. The summed E-state index contributed by atoms with van der Waals surface area (Å²) in [5.74, 6) is 0.615. The first-order valence-corrected chi connectivity index (χ1v) is 10.3. The lowest BCUT2D eigenvalue weighted by molar-refractivity contribution is 0.563. The normalized spacial score (nSPS) is 11.6. The summed E-state index contributed by atoms with van der Waals surface area (Å²) in [5.41, 5.74) is 3.70. The van der Waals surface area contributed by atoms with Crippen molar-refractivity contribution < 1.29 is 4.42 Å². The molecule has 5 heteroatoms. The van der Waals surface area contributed by atoms with Crippen LogP contribution >= 0.6 is 0 Å². The molecule has 30 heavy (non-hydrogen) atoms. The number of rotatable bonds is 4. The number of para-hydroxylation sites is 2. The maximum atomic E-state index is 12.8. The molecule has 3 aromatic carbocycles. The van der Waals surface area contributed by atoms with E-state index in [9.17, 15) is 4.79 Å². The highest BCUT2D eigenvalue weighted by atomic mass is 16.4. The van der Waals surface area contributed by atoms with Crippen LogP contribution in [0.2, 0.25) is 0 Å². The molecule has 0 saturated carbocycles. The van der Waals surface area contributed by atoms with E-state index in [1.165, 1.54) is 5.69 Å². The van der Waals surface area contributed by atoms with Gasteiger partial charge in [-0.25, -0.2) is 9.78 Å². The number of hydrogen-bond donors (Lipinski definition) is 0. The number of aromatic nitrogens is 2. The van der Waals surface area contributed by atoms with E-state index >= 15 is 0 Å².